The Kier molecular flexibility index (Phi) is 3.41. The molecule has 1 saturated carbocycles. The third kappa shape index (κ3) is 3.34. The van der Waals surface area contributed by atoms with Crippen molar-refractivity contribution in [3.8, 4) is 0 Å². The molecule has 0 aromatic rings. The Morgan fingerprint density at radius 1 is 1.60 bits per heavy atom. The van der Waals surface area contributed by atoms with E-state index in [0.717, 1.165) is 26.1 Å². The lowest BCUT2D eigenvalue weighted by Gasteiger charge is -2.26. The Morgan fingerprint density at radius 2 is 2.40 bits per heavy atom. The van der Waals surface area contributed by atoms with Crippen LogP contribution in [0, 0.1) is 0 Å². The number of nitrogens with one attached hydrogen (secondary N) is 1. The third-order valence-corrected chi connectivity index (χ3v) is 3.03. The first-order chi connectivity index (χ1) is 7.25. The van der Waals surface area contributed by atoms with Crippen molar-refractivity contribution in [2.45, 2.75) is 38.6 Å². The van der Waals surface area contributed by atoms with Gasteiger partial charge in [-0.1, -0.05) is 11.6 Å². The molecule has 0 spiro atoms. The van der Waals surface area contributed by atoms with Crippen molar-refractivity contribution in [2.75, 3.05) is 19.6 Å². The van der Waals surface area contributed by atoms with Gasteiger partial charge in [0.2, 0.25) is 5.91 Å². The lowest BCUT2D eigenvalue weighted by Crippen LogP contribution is -2.37. The van der Waals surface area contributed by atoms with Crippen LogP contribution in [0.4, 0.5) is 0 Å². The fourth-order valence-corrected chi connectivity index (χ4v) is 1.95. The summed E-state index contributed by atoms with van der Waals surface area (Å²) in [7, 11) is 0. The molecule has 0 aromatic carbocycles. The predicted octanol–water partition coefficient (Wildman–Crippen LogP) is 1.31. The van der Waals surface area contributed by atoms with Crippen LogP contribution in [0.2, 0.25) is 0 Å². The van der Waals surface area contributed by atoms with E-state index in [4.69, 9.17) is 0 Å². The van der Waals surface area contributed by atoms with E-state index in [2.05, 4.69) is 18.3 Å². The fraction of sp³-hybridized carbons (Fsp3) is 0.750. The highest BCUT2D eigenvalue weighted by Crippen LogP contribution is 2.18. The van der Waals surface area contributed by atoms with Gasteiger partial charge in [-0.2, -0.15) is 0 Å². The number of nitrogens with zero attached hydrogens (tertiary/aromatic N) is 1. The molecule has 1 heterocycles. The third-order valence-electron chi connectivity index (χ3n) is 3.03. The van der Waals surface area contributed by atoms with Crippen LogP contribution in [0.25, 0.3) is 0 Å². The molecular formula is C12H20N2O. The fourth-order valence-electron chi connectivity index (χ4n) is 1.95. The highest BCUT2D eigenvalue weighted by atomic mass is 16.2. The van der Waals surface area contributed by atoms with Crippen LogP contribution in [-0.4, -0.2) is 36.5 Å². The van der Waals surface area contributed by atoms with Gasteiger partial charge in [0.25, 0.3) is 0 Å². The van der Waals surface area contributed by atoms with Gasteiger partial charge in [-0.05, 0) is 26.2 Å². The van der Waals surface area contributed by atoms with Gasteiger partial charge in [0.1, 0.15) is 0 Å². The van der Waals surface area contributed by atoms with Gasteiger partial charge in [0.05, 0.1) is 0 Å². The van der Waals surface area contributed by atoms with E-state index in [-0.39, 0.29) is 0 Å². The van der Waals surface area contributed by atoms with E-state index >= 15 is 0 Å². The van der Waals surface area contributed by atoms with E-state index in [1.807, 2.05) is 4.90 Å². The van der Waals surface area contributed by atoms with Crippen molar-refractivity contribution in [3.05, 3.63) is 11.6 Å². The molecule has 15 heavy (non-hydrogen) atoms. The molecule has 0 saturated heterocycles. The minimum atomic E-state index is 0.301. The van der Waals surface area contributed by atoms with Gasteiger partial charge in [0.15, 0.2) is 0 Å². The molecule has 0 bridgehead atoms. The molecule has 0 unspecified atom stereocenters. The van der Waals surface area contributed by atoms with Crippen LogP contribution in [0.1, 0.15) is 32.6 Å². The Labute approximate surface area is 91.5 Å². The minimum absolute atomic E-state index is 0.301. The highest BCUT2D eigenvalue weighted by molar-refractivity contribution is 5.76. The number of hydrogen-bond acceptors (Lipinski definition) is 2. The largest absolute Gasteiger partial charge is 0.338 e. The van der Waals surface area contributed by atoms with Gasteiger partial charge in [-0.3, -0.25) is 4.79 Å². The maximum Gasteiger partial charge on any atom is 0.224 e. The summed E-state index contributed by atoms with van der Waals surface area (Å²) in [6.45, 7) is 4.69. The van der Waals surface area contributed by atoms with Crippen LogP contribution < -0.4 is 5.32 Å². The predicted molar refractivity (Wildman–Crippen MR) is 60.6 cm³/mol. The lowest BCUT2D eigenvalue weighted by atomic mass is 10.1. The zero-order valence-electron chi connectivity index (χ0n) is 9.46. The van der Waals surface area contributed by atoms with E-state index in [0.29, 0.717) is 18.4 Å². The highest BCUT2D eigenvalue weighted by Gasteiger charge is 2.21. The second kappa shape index (κ2) is 4.79. The van der Waals surface area contributed by atoms with Crippen molar-refractivity contribution in [2.24, 2.45) is 0 Å². The van der Waals surface area contributed by atoms with E-state index in [9.17, 15) is 4.79 Å². The number of amides is 1. The average molecular weight is 208 g/mol. The van der Waals surface area contributed by atoms with E-state index < -0.39 is 0 Å². The van der Waals surface area contributed by atoms with Gasteiger partial charge in [0, 0.05) is 32.1 Å². The summed E-state index contributed by atoms with van der Waals surface area (Å²) in [4.78, 5) is 13.8. The van der Waals surface area contributed by atoms with Gasteiger partial charge < -0.3 is 10.2 Å². The van der Waals surface area contributed by atoms with Crippen molar-refractivity contribution < 1.29 is 4.79 Å². The summed E-state index contributed by atoms with van der Waals surface area (Å²) in [6, 6.07) is 0.709. The first kappa shape index (κ1) is 10.7. The van der Waals surface area contributed by atoms with Crippen LogP contribution >= 0.6 is 0 Å². The average Bonchev–Trinajstić information content (AvgIpc) is 3.01. The number of carbonyl (C=O) groups excluding carboxylic acids is 1. The van der Waals surface area contributed by atoms with E-state index in [1.54, 1.807) is 0 Å². The molecule has 1 aliphatic carbocycles. The second-order valence-corrected chi connectivity index (χ2v) is 4.63. The Bertz CT molecular complexity index is 269. The van der Waals surface area contributed by atoms with Crippen LogP contribution in [-0.2, 0) is 4.79 Å². The molecule has 0 radical (unpaired) electrons. The molecule has 84 valence electrons. The molecular weight excluding hydrogens is 188 g/mol. The lowest BCUT2D eigenvalue weighted by molar-refractivity contribution is -0.130. The van der Waals surface area contributed by atoms with Gasteiger partial charge in [-0.15, -0.1) is 0 Å². The maximum atomic E-state index is 11.8. The zero-order valence-corrected chi connectivity index (χ0v) is 9.46. The Morgan fingerprint density at radius 3 is 3.07 bits per heavy atom. The smallest absolute Gasteiger partial charge is 0.224 e. The zero-order chi connectivity index (χ0) is 10.7. The van der Waals surface area contributed by atoms with Crippen molar-refractivity contribution in [3.63, 3.8) is 0 Å². The molecule has 2 aliphatic rings. The van der Waals surface area contributed by atoms with Crippen molar-refractivity contribution >= 4 is 5.91 Å². The molecule has 1 N–H and O–H groups in total. The first-order valence-corrected chi connectivity index (χ1v) is 5.92. The molecule has 3 heteroatoms. The van der Waals surface area contributed by atoms with Crippen LogP contribution in [0.3, 0.4) is 0 Å². The molecule has 1 fully saturated rings. The number of rotatable bonds is 4. The molecule has 1 amide bonds. The molecule has 0 atom stereocenters. The van der Waals surface area contributed by atoms with Crippen LogP contribution in [0.15, 0.2) is 11.6 Å². The normalized spacial score (nSPS) is 21.4. The summed E-state index contributed by atoms with van der Waals surface area (Å²) in [5.41, 5.74) is 1.32. The molecule has 3 nitrogen and oxygen atoms in total. The topological polar surface area (TPSA) is 32.3 Å². The van der Waals surface area contributed by atoms with Crippen molar-refractivity contribution in [1.29, 1.82) is 0 Å². The van der Waals surface area contributed by atoms with Gasteiger partial charge >= 0.3 is 0 Å². The number of hydrogen-bond donors (Lipinski definition) is 1. The quantitative estimate of drug-likeness (QED) is 0.706. The molecule has 2 rings (SSSR count). The summed E-state index contributed by atoms with van der Waals surface area (Å²) in [5, 5.41) is 3.38. The summed E-state index contributed by atoms with van der Waals surface area (Å²) in [5.74, 6) is 0.301. The summed E-state index contributed by atoms with van der Waals surface area (Å²) in [6.07, 6.45) is 6.49. The summed E-state index contributed by atoms with van der Waals surface area (Å²) >= 11 is 0. The Hall–Kier alpha value is -0.830. The minimum Gasteiger partial charge on any atom is -0.338 e. The second-order valence-electron chi connectivity index (χ2n) is 4.63. The maximum absolute atomic E-state index is 11.8. The standard InChI is InChI=1S/C12H20N2O/c1-10-3-2-8-14(9-10)12(15)6-7-13-11-4-5-11/h3,11,13H,2,4-9H2,1H3. The monoisotopic (exact) mass is 208 g/mol. The SMILES string of the molecule is CC1=CCCN(C(=O)CCNC2CC2)C1. The first-order valence-electron chi connectivity index (χ1n) is 5.92. The van der Waals surface area contributed by atoms with E-state index in [1.165, 1.54) is 18.4 Å². The molecule has 1 aliphatic heterocycles. The van der Waals surface area contributed by atoms with Crippen LogP contribution in [0.5, 0.6) is 0 Å². The van der Waals surface area contributed by atoms with Gasteiger partial charge in [-0.25, -0.2) is 0 Å². The molecule has 0 aromatic heterocycles. The Balaban J connectivity index is 1.67. The summed E-state index contributed by atoms with van der Waals surface area (Å²) < 4.78 is 0. The van der Waals surface area contributed by atoms with Crippen molar-refractivity contribution in [1.82, 2.24) is 10.2 Å². The number of carbonyl (C=O) groups is 1.